The topological polar surface area (TPSA) is 116 Å². The first kappa shape index (κ1) is 24.4. The third-order valence-corrected chi connectivity index (χ3v) is 5.33. The average Bonchev–Trinajstić information content (AvgIpc) is 2.67. The number of rotatable bonds is 5. The van der Waals surface area contributed by atoms with Crippen molar-refractivity contribution in [3.8, 4) is 0 Å². The van der Waals surface area contributed by atoms with Crippen LogP contribution in [0.3, 0.4) is 0 Å². The minimum atomic E-state index is -0.974. The first-order valence-electron chi connectivity index (χ1n) is 10.6. The smallest absolute Gasteiger partial charge is 0.246 e. The molecule has 1 aliphatic rings. The van der Waals surface area contributed by atoms with Crippen molar-refractivity contribution in [3.05, 3.63) is 0 Å². The normalized spacial score (nSPS) is 23.5. The van der Waals surface area contributed by atoms with E-state index in [-0.39, 0.29) is 5.91 Å². The number of nitrogens with one attached hydrogen (secondary N) is 1. The number of carbonyl (C=O) groups is 3. The Kier molecular flexibility index (Phi) is 11.7. The van der Waals surface area contributed by atoms with Gasteiger partial charge in [-0.25, -0.2) is 5.06 Å². The van der Waals surface area contributed by atoms with Crippen molar-refractivity contribution in [1.29, 1.82) is 0 Å². The van der Waals surface area contributed by atoms with Crippen molar-refractivity contribution in [2.75, 3.05) is 20.1 Å². The molecule has 4 N–H and O–H groups in total. The van der Waals surface area contributed by atoms with Gasteiger partial charge in [0.1, 0.15) is 12.1 Å². The number of nitrogens with zero attached hydrogens (tertiary/aromatic N) is 2. The highest BCUT2D eigenvalue weighted by Gasteiger charge is 2.31. The van der Waals surface area contributed by atoms with Gasteiger partial charge in [-0.1, -0.05) is 38.5 Å². The van der Waals surface area contributed by atoms with Crippen LogP contribution in [0.1, 0.15) is 77.6 Å². The van der Waals surface area contributed by atoms with Crippen LogP contribution in [0.4, 0.5) is 0 Å². The highest BCUT2D eigenvalue weighted by atomic mass is 16.5. The Morgan fingerprint density at radius 1 is 1.14 bits per heavy atom. The maximum atomic E-state index is 12.9. The molecule has 1 saturated heterocycles. The zero-order valence-corrected chi connectivity index (χ0v) is 17.5. The van der Waals surface area contributed by atoms with Crippen LogP contribution >= 0.6 is 0 Å². The standard InChI is InChI=1S/C20H38N4O4/c1-16(25)24(28)18-13-8-6-4-3-5-7-11-15-23(2)20(27)17(22-19(18)26)12-9-10-14-21/h17-18,28H,3-15,21H2,1-2H3,(H,22,26)/t17-,18+/m0/s1. The second-order valence-electron chi connectivity index (χ2n) is 7.75. The second-order valence-corrected chi connectivity index (χ2v) is 7.75. The highest BCUT2D eigenvalue weighted by Crippen LogP contribution is 2.15. The molecule has 1 fully saturated rings. The van der Waals surface area contributed by atoms with Gasteiger partial charge in [-0.15, -0.1) is 0 Å². The van der Waals surface area contributed by atoms with Crippen molar-refractivity contribution in [1.82, 2.24) is 15.3 Å². The van der Waals surface area contributed by atoms with Crippen LogP contribution < -0.4 is 11.1 Å². The highest BCUT2D eigenvalue weighted by molar-refractivity contribution is 5.91. The van der Waals surface area contributed by atoms with Gasteiger partial charge in [0.05, 0.1) is 0 Å². The number of hydrogen-bond acceptors (Lipinski definition) is 5. The summed E-state index contributed by atoms with van der Waals surface area (Å²) in [6, 6.07) is -1.64. The number of amides is 3. The van der Waals surface area contributed by atoms with Crippen LogP contribution in [0.25, 0.3) is 0 Å². The number of likely N-dealkylation sites (N-methyl/N-ethyl adjacent to an activating group) is 1. The van der Waals surface area contributed by atoms with Crippen LogP contribution in [-0.4, -0.2) is 65.1 Å². The van der Waals surface area contributed by atoms with E-state index in [4.69, 9.17) is 5.73 Å². The van der Waals surface area contributed by atoms with Crippen molar-refractivity contribution in [2.24, 2.45) is 5.73 Å². The summed E-state index contributed by atoms with van der Waals surface area (Å²) in [7, 11) is 1.76. The summed E-state index contributed by atoms with van der Waals surface area (Å²) in [4.78, 5) is 39.0. The molecule has 1 rings (SSSR count). The Hall–Kier alpha value is -1.67. The third kappa shape index (κ3) is 8.56. The van der Waals surface area contributed by atoms with Gasteiger partial charge in [-0.05, 0) is 38.6 Å². The van der Waals surface area contributed by atoms with E-state index in [1.54, 1.807) is 11.9 Å². The fraction of sp³-hybridized carbons (Fsp3) is 0.850. The molecule has 0 spiro atoms. The number of hydrogen-bond donors (Lipinski definition) is 3. The average molecular weight is 399 g/mol. The van der Waals surface area contributed by atoms with Gasteiger partial charge in [0, 0.05) is 20.5 Å². The van der Waals surface area contributed by atoms with Gasteiger partial charge in [0.25, 0.3) is 0 Å². The predicted molar refractivity (Wildman–Crippen MR) is 108 cm³/mol. The van der Waals surface area contributed by atoms with E-state index < -0.39 is 23.9 Å². The molecule has 0 saturated carbocycles. The summed E-state index contributed by atoms with van der Waals surface area (Å²) in [6.07, 6.45) is 9.40. The summed E-state index contributed by atoms with van der Waals surface area (Å²) in [5.74, 6) is -1.19. The lowest BCUT2D eigenvalue weighted by Gasteiger charge is -2.28. The summed E-state index contributed by atoms with van der Waals surface area (Å²) < 4.78 is 0. The fourth-order valence-corrected chi connectivity index (χ4v) is 3.55. The molecule has 0 aliphatic carbocycles. The van der Waals surface area contributed by atoms with Gasteiger partial charge in [0.15, 0.2) is 0 Å². The zero-order chi connectivity index (χ0) is 20.9. The minimum absolute atomic E-state index is 0.133. The molecule has 0 bridgehead atoms. The van der Waals surface area contributed by atoms with Gasteiger partial charge in [0.2, 0.25) is 17.7 Å². The molecule has 0 unspecified atom stereocenters. The van der Waals surface area contributed by atoms with Crippen molar-refractivity contribution < 1.29 is 19.6 Å². The maximum absolute atomic E-state index is 12.9. The van der Waals surface area contributed by atoms with Crippen LogP contribution in [-0.2, 0) is 14.4 Å². The predicted octanol–water partition coefficient (Wildman–Crippen LogP) is 1.80. The summed E-state index contributed by atoms with van der Waals surface area (Å²) in [6.45, 7) is 2.41. The quantitative estimate of drug-likeness (QED) is 0.371. The Morgan fingerprint density at radius 2 is 1.75 bits per heavy atom. The molecule has 0 aromatic rings. The van der Waals surface area contributed by atoms with E-state index in [0.29, 0.717) is 31.0 Å². The fourth-order valence-electron chi connectivity index (χ4n) is 3.55. The largest absolute Gasteiger partial charge is 0.344 e. The van der Waals surface area contributed by atoms with Gasteiger partial charge < -0.3 is 16.0 Å². The number of carbonyl (C=O) groups excluding carboxylic acids is 3. The van der Waals surface area contributed by atoms with E-state index in [2.05, 4.69) is 5.32 Å². The molecule has 162 valence electrons. The first-order valence-corrected chi connectivity index (χ1v) is 10.6. The first-order chi connectivity index (χ1) is 13.4. The molecule has 1 heterocycles. The maximum Gasteiger partial charge on any atom is 0.246 e. The summed E-state index contributed by atoms with van der Waals surface area (Å²) in [5, 5.41) is 13.4. The molecule has 0 aromatic heterocycles. The Labute approximate surface area is 168 Å². The Bertz CT molecular complexity index is 501. The lowest BCUT2D eigenvalue weighted by atomic mass is 10.0. The Balaban J connectivity index is 2.95. The van der Waals surface area contributed by atoms with Crippen molar-refractivity contribution in [3.63, 3.8) is 0 Å². The van der Waals surface area contributed by atoms with E-state index in [0.717, 1.165) is 57.8 Å². The van der Waals surface area contributed by atoms with Crippen LogP contribution in [0.15, 0.2) is 0 Å². The molecule has 8 nitrogen and oxygen atoms in total. The van der Waals surface area contributed by atoms with E-state index >= 15 is 0 Å². The second kappa shape index (κ2) is 13.5. The van der Waals surface area contributed by atoms with Crippen molar-refractivity contribution >= 4 is 17.7 Å². The molecule has 0 radical (unpaired) electrons. The molecule has 1 aliphatic heterocycles. The van der Waals surface area contributed by atoms with Gasteiger partial charge in [-0.2, -0.15) is 0 Å². The van der Waals surface area contributed by atoms with Crippen LogP contribution in [0.2, 0.25) is 0 Å². The third-order valence-electron chi connectivity index (χ3n) is 5.33. The van der Waals surface area contributed by atoms with E-state index in [1.807, 2.05) is 0 Å². The zero-order valence-electron chi connectivity index (χ0n) is 17.5. The van der Waals surface area contributed by atoms with E-state index in [9.17, 15) is 19.6 Å². The number of nitrogens with two attached hydrogens (primary N) is 1. The molecule has 2 atom stereocenters. The SMILES string of the molecule is CC(=O)N(O)[C@@H]1CCCCCCCCCN(C)C(=O)[C@H](CCCCN)NC1=O. The molecular weight excluding hydrogens is 360 g/mol. The Morgan fingerprint density at radius 3 is 2.36 bits per heavy atom. The monoisotopic (exact) mass is 398 g/mol. The minimum Gasteiger partial charge on any atom is -0.344 e. The van der Waals surface area contributed by atoms with Gasteiger partial charge in [-0.3, -0.25) is 19.6 Å². The molecule has 8 heteroatoms. The number of hydroxylamine groups is 2. The lowest BCUT2D eigenvalue weighted by Crippen LogP contribution is -2.54. The van der Waals surface area contributed by atoms with Crippen LogP contribution in [0.5, 0.6) is 0 Å². The molecule has 0 aromatic carbocycles. The van der Waals surface area contributed by atoms with Gasteiger partial charge >= 0.3 is 0 Å². The summed E-state index contributed by atoms with van der Waals surface area (Å²) >= 11 is 0. The van der Waals surface area contributed by atoms with E-state index in [1.165, 1.54) is 6.92 Å². The molecule has 3 amide bonds. The molecule has 28 heavy (non-hydrogen) atoms. The molecular formula is C20H38N4O4. The lowest BCUT2D eigenvalue weighted by molar-refractivity contribution is -0.178. The number of unbranched alkanes of at least 4 members (excludes halogenated alkanes) is 1. The van der Waals surface area contributed by atoms with Crippen molar-refractivity contribution in [2.45, 2.75) is 89.6 Å². The summed E-state index contributed by atoms with van der Waals surface area (Å²) in [5.41, 5.74) is 5.56. The van der Waals surface area contributed by atoms with Crippen LogP contribution in [0, 0.1) is 0 Å².